The molecule has 2 heterocycles. The van der Waals surface area contributed by atoms with E-state index in [2.05, 4.69) is 32.6 Å². The number of benzene rings is 3. The molecule has 0 aliphatic rings. The average Bonchev–Trinajstić information content (AvgIpc) is 3.51. The number of hydrogen-bond donors (Lipinski definition) is 2. The number of aryl methyl sites for hydroxylation is 1. The largest absolute Gasteiger partial charge is 0.497 e. The molecule has 36 heavy (non-hydrogen) atoms. The van der Waals surface area contributed by atoms with E-state index in [0.717, 1.165) is 27.7 Å². The van der Waals surface area contributed by atoms with Crippen LogP contribution in [0.15, 0.2) is 78.1 Å². The van der Waals surface area contributed by atoms with Crippen molar-refractivity contribution in [1.29, 1.82) is 0 Å². The molecular weight excluding hydrogens is 474 g/mol. The number of nitrogens with zero attached hydrogens (tertiary/aromatic N) is 3. The van der Waals surface area contributed by atoms with E-state index in [1.54, 1.807) is 32.4 Å². The summed E-state index contributed by atoms with van der Waals surface area (Å²) in [6.07, 6.45) is 1.94. The van der Waals surface area contributed by atoms with E-state index >= 15 is 0 Å². The van der Waals surface area contributed by atoms with Crippen LogP contribution >= 0.6 is 11.8 Å². The van der Waals surface area contributed by atoms with E-state index in [1.807, 2.05) is 54.1 Å². The van der Waals surface area contributed by atoms with Crippen LogP contribution in [0.25, 0.3) is 28.0 Å². The van der Waals surface area contributed by atoms with Crippen molar-refractivity contribution in [1.82, 2.24) is 19.7 Å². The third-order valence-electron chi connectivity index (χ3n) is 5.74. The lowest BCUT2D eigenvalue weighted by Crippen LogP contribution is -2.15. The number of fused-ring (bicyclic) bond motifs is 1. The summed E-state index contributed by atoms with van der Waals surface area (Å²) in [6, 6.07) is 21.5. The van der Waals surface area contributed by atoms with E-state index in [1.165, 1.54) is 11.8 Å². The zero-order valence-electron chi connectivity index (χ0n) is 20.1. The second kappa shape index (κ2) is 10.2. The number of ether oxygens (including phenoxy) is 2. The number of thioether (sulfide) groups is 1. The number of hydrogen-bond acceptors (Lipinski definition) is 6. The lowest BCUT2D eigenvalue weighted by atomic mass is 10.1. The maximum atomic E-state index is 12.9. The van der Waals surface area contributed by atoms with Crippen LogP contribution in [-0.2, 0) is 4.79 Å². The summed E-state index contributed by atoms with van der Waals surface area (Å²) in [4.78, 5) is 16.2. The van der Waals surface area contributed by atoms with Gasteiger partial charge < -0.3 is 19.8 Å². The van der Waals surface area contributed by atoms with Gasteiger partial charge in [0.2, 0.25) is 5.91 Å². The van der Waals surface area contributed by atoms with Crippen molar-refractivity contribution in [2.75, 3.05) is 25.3 Å². The van der Waals surface area contributed by atoms with Crippen molar-refractivity contribution in [2.45, 2.75) is 12.1 Å². The first-order valence-electron chi connectivity index (χ1n) is 11.3. The highest BCUT2D eigenvalue weighted by Gasteiger charge is 2.20. The van der Waals surface area contributed by atoms with Crippen molar-refractivity contribution in [2.24, 2.45) is 0 Å². The van der Waals surface area contributed by atoms with Gasteiger partial charge in [-0.15, -0.1) is 10.2 Å². The number of carbonyl (C=O) groups is 1. The zero-order chi connectivity index (χ0) is 25.1. The summed E-state index contributed by atoms with van der Waals surface area (Å²) in [5.41, 5.74) is 4.55. The highest BCUT2D eigenvalue weighted by atomic mass is 32.2. The van der Waals surface area contributed by atoms with Crippen LogP contribution in [0.4, 0.5) is 5.69 Å². The van der Waals surface area contributed by atoms with E-state index < -0.39 is 0 Å². The highest BCUT2D eigenvalue weighted by Crippen LogP contribution is 2.33. The van der Waals surface area contributed by atoms with E-state index in [0.29, 0.717) is 28.2 Å². The Morgan fingerprint density at radius 2 is 1.89 bits per heavy atom. The molecule has 182 valence electrons. The van der Waals surface area contributed by atoms with Crippen molar-refractivity contribution >= 4 is 34.3 Å². The van der Waals surface area contributed by atoms with Gasteiger partial charge in [0, 0.05) is 34.4 Å². The molecule has 0 atom stereocenters. The predicted molar refractivity (Wildman–Crippen MR) is 142 cm³/mol. The molecule has 0 radical (unpaired) electrons. The summed E-state index contributed by atoms with van der Waals surface area (Å²) >= 11 is 1.32. The number of nitrogens with one attached hydrogen (secondary N) is 2. The number of amides is 1. The minimum atomic E-state index is -0.195. The predicted octanol–water partition coefficient (Wildman–Crippen LogP) is 5.47. The topological polar surface area (TPSA) is 94.1 Å². The number of rotatable bonds is 8. The Kier molecular flexibility index (Phi) is 6.64. The Balaban J connectivity index is 1.46. The fourth-order valence-corrected chi connectivity index (χ4v) is 4.77. The van der Waals surface area contributed by atoms with Crippen molar-refractivity contribution < 1.29 is 14.3 Å². The van der Waals surface area contributed by atoms with E-state index in [9.17, 15) is 4.79 Å². The Bertz CT molecular complexity index is 1540. The standard InChI is InChI=1S/C27H25N5O3S/c1-17-7-6-8-18(13-17)32-26(21-15-28-22-10-5-4-9-20(21)22)30-31-27(32)36-16-25(33)29-23-14-19(34-2)11-12-24(23)35-3/h4-15,28H,16H2,1-3H3,(H,29,33). The maximum absolute atomic E-state index is 12.9. The first-order chi connectivity index (χ1) is 17.6. The van der Waals surface area contributed by atoms with Crippen LogP contribution < -0.4 is 14.8 Å². The molecule has 0 saturated carbocycles. The monoisotopic (exact) mass is 499 g/mol. The second-order valence-electron chi connectivity index (χ2n) is 8.13. The van der Waals surface area contributed by atoms with Crippen LogP contribution in [-0.4, -0.2) is 45.6 Å². The van der Waals surface area contributed by atoms with Crippen molar-refractivity contribution in [3.63, 3.8) is 0 Å². The first kappa shape index (κ1) is 23.5. The van der Waals surface area contributed by atoms with Gasteiger partial charge in [0.15, 0.2) is 11.0 Å². The van der Waals surface area contributed by atoms with Crippen LogP contribution in [0.5, 0.6) is 11.5 Å². The summed E-state index contributed by atoms with van der Waals surface area (Å²) < 4.78 is 12.6. The molecule has 1 amide bonds. The lowest BCUT2D eigenvalue weighted by molar-refractivity contribution is -0.113. The van der Waals surface area contributed by atoms with Gasteiger partial charge in [-0.1, -0.05) is 42.1 Å². The van der Waals surface area contributed by atoms with Gasteiger partial charge in [-0.05, 0) is 42.8 Å². The number of aromatic amines is 1. The quantitative estimate of drug-likeness (QED) is 0.275. The maximum Gasteiger partial charge on any atom is 0.234 e. The van der Waals surface area contributed by atoms with Gasteiger partial charge in [-0.25, -0.2) is 0 Å². The van der Waals surface area contributed by atoms with Gasteiger partial charge in [0.05, 0.1) is 25.7 Å². The fraction of sp³-hybridized carbons (Fsp3) is 0.148. The van der Waals surface area contributed by atoms with Crippen LogP contribution in [0.3, 0.4) is 0 Å². The van der Waals surface area contributed by atoms with Gasteiger partial charge >= 0.3 is 0 Å². The number of H-pyrrole nitrogens is 1. The molecular formula is C27H25N5O3S. The minimum absolute atomic E-state index is 0.137. The first-order valence-corrected chi connectivity index (χ1v) is 12.3. The summed E-state index contributed by atoms with van der Waals surface area (Å²) in [7, 11) is 3.13. The zero-order valence-corrected chi connectivity index (χ0v) is 20.9. The molecule has 0 fully saturated rings. The van der Waals surface area contributed by atoms with E-state index in [4.69, 9.17) is 9.47 Å². The van der Waals surface area contributed by atoms with Crippen molar-refractivity contribution in [3.05, 3.63) is 78.5 Å². The average molecular weight is 500 g/mol. The Morgan fingerprint density at radius 1 is 1.03 bits per heavy atom. The SMILES string of the molecule is COc1ccc(OC)c(NC(=O)CSc2nnc(-c3c[nH]c4ccccc34)n2-c2cccc(C)c2)c1. The number of carbonyl (C=O) groups excluding carboxylic acids is 1. The molecule has 9 heteroatoms. The third-order valence-corrected chi connectivity index (χ3v) is 6.67. The molecule has 0 spiro atoms. The summed E-state index contributed by atoms with van der Waals surface area (Å²) in [5.74, 6) is 1.83. The van der Waals surface area contributed by atoms with Crippen LogP contribution in [0.1, 0.15) is 5.56 Å². The molecule has 3 aromatic carbocycles. The summed E-state index contributed by atoms with van der Waals surface area (Å²) in [6.45, 7) is 2.04. The van der Waals surface area contributed by atoms with E-state index in [-0.39, 0.29) is 11.7 Å². The van der Waals surface area contributed by atoms with Gasteiger partial charge in [0.1, 0.15) is 11.5 Å². The number of methoxy groups -OCH3 is 2. The normalized spacial score (nSPS) is 11.0. The molecule has 0 bridgehead atoms. The third kappa shape index (κ3) is 4.65. The molecule has 0 aliphatic heterocycles. The molecule has 2 aromatic heterocycles. The van der Waals surface area contributed by atoms with Gasteiger partial charge in [-0.2, -0.15) is 0 Å². The molecule has 2 N–H and O–H groups in total. The van der Waals surface area contributed by atoms with Gasteiger partial charge in [-0.3, -0.25) is 9.36 Å². The Hall–Kier alpha value is -4.24. The van der Waals surface area contributed by atoms with Crippen LogP contribution in [0, 0.1) is 6.92 Å². The smallest absolute Gasteiger partial charge is 0.234 e. The Labute approximate surface area is 212 Å². The molecule has 8 nitrogen and oxygen atoms in total. The molecule has 0 unspecified atom stereocenters. The number of anilines is 1. The van der Waals surface area contributed by atoms with Crippen LogP contribution in [0.2, 0.25) is 0 Å². The molecule has 0 aliphatic carbocycles. The second-order valence-corrected chi connectivity index (χ2v) is 9.07. The Morgan fingerprint density at radius 3 is 2.69 bits per heavy atom. The lowest BCUT2D eigenvalue weighted by Gasteiger charge is -2.12. The fourth-order valence-electron chi connectivity index (χ4n) is 4.02. The molecule has 5 aromatic rings. The number of para-hydroxylation sites is 1. The molecule has 0 saturated heterocycles. The summed E-state index contributed by atoms with van der Waals surface area (Å²) in [5, 5.41) is 13.6. The number of aromatic nitrogens is 4. The highest BCUT2D eigenvalue weighted by molar-refractivity contribution is 7.99. The molecule has 5 rings (SSSR count). The van der Waals surface area contributed by atoms with Crippen molar-refractivity contribution in [3.8, 4) is 28.6 Å². The minimum Gasteiger partial charge on any atom is -0.497 e. The van der Waals surface area contributed by atoms with Gasteiger partial charge in [0.25, 0.3) is 0 Å².